The van der Waals surface area contributed by atoms with Crippen LogP contribution in [0.15, 0.2) is 18.2 Å². The van der Waals surface area contributed by atoms with Crippen molar-refractivity contribution in [1.29, 1.82) is 0 Å². The van der Waals surface area contributed by atoms with Gasteiger partial charge in [-0.25, -0.2) is 4.79 Å². The molecule has 110 valence electrons. The molecule has 1 aromatic carbocycles. The third-order valence-electron chi connectivity index (χ3n) is 3.59. The molecule has 0 saturated carbocycles. The quantitative estimate of drug-likeness (QED) is 0.894. The Hall–Kier alpha value is -1.30. The fourth-order valence-corrected chi connectivity index (χ4v) is 2.43. The molecule has 1 aliphatic rings. The Morgan fingerprint density at radius 3 is 2.70 bits per heavy atom. The first-order valence-corrected chi connectivity index (χ1v) is 7.14. The van der Waals surface area contributed by atoms with Crippen LogP contribution in [0.5, 0.6) is 0 Å². The van der Waals surface area contributed by atoms with Crippen molar-refractivity contribution in [2.45, 2.75) is 6.92 Å². The highest BCUT2D eigenvalue weighted by atomic mass is 35.5. The van der Waals surface area contributed by atoms with Gasteiger partial charge in [-0.15, -0.1) is 0 Å². The minimum Gasteiger partial charge on any atom is -0.395 e. The van der Waals surface area contributed by atoms with Crippen LogP contribution in [-0.4, -0.2) is 60.3 Å². The van der Waals surface area contributed by atoms with Crippen LogP contribution in [-0.2, 0) is 0 Å². The first-order valence-electron chi connectivity index (χ1n) is 6.76. The number of hydrogen-bond acceptors (Lipinski definition) is 3. The molecule has 6 heteroatoms. The molecular formula is C14H20ClN3O2. The number of amides is 2. The summed E-state index contributed by atoms with van der Waals surface area (Å²) in [4.78, 5) is 16.1. The average molecular weight is 298 g/mol. The molecule has 0 atom stereocenters. The Balaban J connectivity index is 1.91. The standard InChI is InChI=1S/C14H20ClN3O2/c1-11-12(15)3-2-4-13(11)16-14(20)18-7-5-17(6-8-18)9-10-19/h2-4,19H,5-10H2,1H3,(H,16,20). The van der Waals surface area contributed by atoms with Gasteiger partial charge in [-0.2, -0.15) is 0 Å². The Morgan fingerprint density at radius 2 is 2.05 bits per heavy atom. The Morgan fingerprint density at radius 1 is 1.35 bits per heavy atom. The highest BCUT2D eigenvalue weighted by Gasteiger charge is 2.21. The van der Waals surface area contributed by atoms with Crippen LogP contribution < -0.4 is 5.32 Å². The number of anilines is 1. The maximum Gasteiger partial charge on any atom is 0.321 e. The van der Waals surface area contributed by atoms with Gasteiger partial charge in [0.1, 0.15) is 0 Å². The number of piperazine rings is 1. The number of carbonyl (C=O) groups excluding carboxylic acids is 1. The van der Waals surface area contributed by atoms with Crippen molar-refractivity contribution in [1.82, 2.24) is 9.80 Å². The van der Waals surface area contributed by atoms with Gasteiger partial charge in [0.2, 0.25) is 0 Å². The largest absolute Gasteiger partial charge is 0.395 e. The fraction of sp³-hybridized carbons (Fsp3) is 0.500. The van der Waals surface area contributed by atoms with Crippen LogP contribution in [0, 0.1) is 6.92 Å². The summed E-state index contributed by atoms with van der Waals surface area (Å²) < 4.78 is 0. The summed E-state index contributed by atoms with van der Waals surface area (Å²) in [5.74, 6) is 0. The van der Waals surface area contributed by atoms with E-state index in [1.807, 2.05) is 19.1 Å². The SMILES string of the molecule is Cc1c(Cl)cccc1NC(=O)N1CCN(CCO)CC1. The van der Waals surface area contributed by atoms with Gasteiger partial charge < -0.3 is 15.3 Å². The highest BCUT2D eigenvalue weighted by Crippen LogP contribution is 2.23. The van der Waals surface area contributed by atoms with E-state index < -0.39 is 0 Å². The van der Waals surface area contributed by atoms with Gasteiger partial charge in [-0.3, -0.25) is 4.90 Å². The van der Waals surface area contributed by atoms with Crippen LogP contribution in [0.2, 0.25) is 5.02 Å². The van der Waals surface area contributed by atoms with E-state index in [1.54, 1.807) is 11.0 Å². The van der Waals surface area contributed by atoms with E-state index in [1.165, 1.54) is 0 Å². The van der Waals surface area contributed by atoms with Crippen molar-refractivity contribution in [3.8, 4) is 0 Å². The lowest BCUT2D eigenvalue weighted by Crippen LogP contribution is -2.50. The molecule has 5 nitrogen and oxygen atoms in total. The molecule has 2 rings (SSSR count). The second-order valence-electron chi connectivity index (χ2n) is 4.89. The first-order chi connectivity index (χ1) is 9.61. The third-order valence-corrected chi connectivity index (χ3v) is 3.99. The van der Waals surface area contributed by atoms with Crippen molar-refractivity contribution in [3.63, 3.8) is 0 Å². The van der Waals surface area contributed by atoms with Crippen LogP contribution in [0.1, 0.15) is 5.56 Å². The van der Waals surface area contributed by atoms with E-state index in [-0.39, 0.29) is 12.6 Å². The molecule has 1 heterocycles. The number of nitrogens with one attached hydrogen (secondary N) is 1. The van der Waals surface area contributed by atoms with Crippen molar-refractivity contribution in [2.24, 2.45) is 0 Å². The van der Waals surface area contributed by atoms with E-state index in [9.17, 15) is 4.79 Å². The van der Waals surface area contributed by atoms with Gasteiger partial charge in [0.05, 0.1) is 6.61 Å². The molecule has 2 amide bonds. The van der Waals surface area contributed by atoms with Gasteiger partial charge in [-0.05, 0) is 24.6 Å². The van der Waals surface area contributed by atoms with Crippen LogP contribution >= 0.6 is 11.6 Å². The number of aliphatic hydroxyl groups excluding tert-OH is 1. The second-order valence-corrected chi connectivity index (χ2v) is 5.30. The number of carbonyl (C=O) groups is 1. The lowest BCUT2D eigenvalue weighted by Gasteiger charge is -2.34. The maximum absolute atomic E-state index is 12.2. The Kier molecular flexibility index (Phi) is 5.23. The molecule has 0 aliphatic carbocycles. The average Bonchev–Trinajstić information content (AvgIpc) is 2.45. The van der Waals surface area contributed by atoms with Crippen molar-refractivity contribution in [2.75, 3.05) is 44.6 Å². The molecule has 1 saturated heterocycles. The fourth-order valence-electron chi connectivity index (χ4n) is 2.25. The van der Waals surface area contributed by atoms with E-state index in [4.69, 9.17) is 16.7 Å². The highest BCUT2D eigenvalue weighted by molar-refractivity contribution is 6.31. The zero-order chi connectivity index (χ0) is 14.5. The Labute approximate surface area is 124 Å². The Bertz CT molecular complexity index is 473. The van der Waals surface area contributed by atoms with Gasteiger partial charge in [0.15, 0.2) is 0 Å². The summed E-state index contributed by atoms with van der Waals surface area (Å²) >= 11 is 6.04. The van der Waals surface area contributed by atoms with Crippen LogP contribution in [0.3, 0.4) is 0 Å². The molecule has 0 spiro atoms. The van der Waals surface area contributed by atoms with Crippen molar-refractivity contribution < 1.29 is 9.90 Å². The van der Waals surface area contributed by atoms with Crippen LogP contribution in [0.25, 0.3) is 0 Å². The minimum absolute atomic E-state index is 0.0981. The van der Waals surface area contributed by atoms with Crippen molar-refractivity contribution in [3.05, 3.63) is 28.8 Å². The third kappa shape index (κ3) is 3.62. The predicted octanol–water partition coefficient (Wildman–Crippen LogP) is 1.79. The van der Waals surface area contributed by atoms with Gasteiger partial charge in [0.25, 0.3) is 0 Å². The minimum atomic E-state index is -0.0981. The molecule has 0 radical (unpaired) electrons. The summed E-state index contributed by atoms with van der Waals surface area (Å²) in [7, 11) is 0. The monoisotopic (exact) mass is 297 g/mol. The van der Waals surface area contributed by atoms with E-state index in [0.717, 1.165) is 24.3 Å². The van der Waals surface area contributed by atoms with Gasteiger partial charge in [0, 0.05) is 43.4 Å². The van der Waals surface area contributed by atoms with Crippen LogP contribution in [0.4, 0.5) is 10.5 Å². The number of halogens is 1. The number of hydrogen-bond donors (Lipinski definition) is 2. The number of urea groups is 1. The normalized spacial score (nSPS) is 16.2. The summed E-state index contributed by atoms with van der Waals surface area (Å²) in [5, 5.41) is 12.4. The molecule has 1 aliphatic heterocycles. The first kappa shape index (κ1) is 15.1. The zero-order valence-corrected chi connectivity index (χ0v) is 12.4. The number of nitrogens with zero attached hydrogens (tertiary/aromatic N) is 2. The van der Waals surface area contributed by atoms with Gasteiger partial charge in [-0.1, -0.05) is 17.7 Å². The zero-order valence-electron chi connectivity index (χ0n) is 11.6. The molecule has 20 heavy (non-hydrogen) atoms. The van der Waals surface area contributed by atoms with Crippen molar-refractivity contribution >= 4 is 23.3 Å². The molecule has 0 bridgehead atoms. The molecule has 2 N–H and O–H groups in total. The molecule has 0 aromatic heterocycles. The molecular weight excluding hydrogens is 278 g/mol. The molecule has 1 aromatic rings. The van der Waals surface area contributed by atoms with E-state index in [0.29, 0.717) is 24.7 Å². The summed E-state index contributed by atoms with van der Waals surface area (Å²) in [5.41, 5.74) is 1.63. The lowest BCUT2D eigenvalue weighted by atomic mass is 10.2. The number of benzene rings is 1. The second kappa shape index (κ2) is 6.92. The number of β-amino-alcohol motifs (C(OH)–C–C–N with tert-alkyl or cyclic N) is 1. The van der Waals surface area contributed by atoms with E-state index >= 15 is 0 Å². The smallest absolute Gasteiger partial charge is 0.321 e. The van der Waals surface area contributed by atoms with E-state index in [2.05, 4.69) is 10.2 Å². The topological polar surface area (TPSA) is 55.8 Å². The summed E-state index contributed by atoms with van der Waals surface area (Å²) in [6, 6.07) is 5.38. The molecule has 1 fully saturated rings. The number of aliphatic hydroxyl groups is 1. The van der Waals surface area contributed by atoms with Gasteiger partial charge >= 0.3 is 6.03 Å². The number of rotatable bonds is 3. The predicted molar refractivity (Wildman–Crippen MR) is 80.3 cm³/mol. The summed E-state index contributed by atoms with van der Waals surface area (Å²) in [6.07, 6.45) is 0. The maximum atomic E-state index is 12.2. The lowest BCUT2D eigenvalue weighted by molar-refractivity contribution is 0.127. The molecule has 0 unspecified atom stereocenters. The summed E-state index contributed by atoms with van der Waals surface area (Å²) in [6.45, 7) is 5.65.